The smallest absolute Gasteiger partial charge is 0.0522 e. The van der Waals surface area contributed by atoms with Crippen molar-refractivity contribution in [2.45, 2.75) is 39.0 Å². The Hall–Kier alpha value is -1.61. The van der Waals surface area contributed by atoms with Crippen LogP contribution < -0.4 is 5.32 Å². The SMILES string of the molecule is Cc1[nH]ncc1CCCNCCC(C)c1ccccc1. The lowest BCUT2D eigenvalue weighted by Gasteiger charge is -2.12. The van der Waals surface area contributed by atoms with E-state index >= 15 is 0 Å². The molecule has 2 N–H and O–H groups in total. The first-order valence-corrected chi connectivity index (χ1v) is 7.52. The van der Waals surface area contributed by atoms with Gasteiger partial charge in [0.05, 0.1) is 6.20 Å². The average molecular weight is 271 g/mol. The number of hydrogen-bond donors (Lipinski definition) is 2. The second-order valence-corrected chi connectivity index (χ2v) is 5.47. The number of aromatic nitrogens is 2. The highest BCUT2D eigenvalue weighted by molar-refractivity contribution is 5.18. The summed E-state index contributed by atoms with van der Waals surface area (Å²) in [5, 5.41) is 10.6. The second kappa shape index (κ2) is 7.85. The zero-order valence-corrected chi connectivity index (χ0v) is 12.5. The Balaban J connectivity index is 1.57. The van der Waals surface area contributed by atoms with Crippen molar-refractivity contribution >= 4 is 0 Å². The third kappa shape index (κ3) is 4.49. The molecule has 1 atom stereocenters. The Kier molecular flexibility index (Phi) is 5.81. The summed E-state index contributed by atoms with van der Waals surface area (Å²) in [5.41, 5.74) is 3.97. The summed E-state index contributed by atoms with van der Waals surface area (Å²) < 4.78 is 0. The van der Waals surface area contributed by atoms with Crippen LogP contribution in [0, 0.1) is 6.92 Å². The number of aryl methyl sites for hydroxylation is 2. The molecule has 0 aliphatic rings. The number of H-pyrrole nitrogens is 1. The van der Waals surface area contributed by atoms with E-state index in [2.05, 4.69) is 59.7 Å². The van der Waals surface area contributed by atoms with Gasteiger partial charge in [0.1, 0.15) is 0 Å². The molecule has 1 unspecified atom stereocenters. The molecule has 2 rings (SSSR count). The van der Waals surface area contributed by atoms with E-state index in [1.807, 2.05) is 6.20 Å². The molecule has 2 aromatic rings. The number of hydrogen-bond acceptors (Lipinski definition) is 2. The minimum absolute atomic E-state index is 0.625. The van der Waals surface area contributed by atoms with Crippen molar-refractivity contribution in [3.63, 3.8) is 0 Å². The van der Waals surface area contributed by atoms with Crippen molar-refractivity contribution in [2.24, 2.45) is 0 Å². The molecule has 3 heteroatoms. The molecule has 0 bridgehead atoms. The fourth-order valence-corrected chi connectivity index (χ4v) is 2.42. The Morgan fingerprint density at radius 3 is 2.70 bits per heavy atom. The van der Waals surface area contributed by atoms with Gasteiger partial charge in [0.15, 0.2) is 0 Å². The van der Waals surface area contributed by atoms with E-state index in [0.29, 0.717) is 5.92 Å². The highest BCUT2D eigenvalue weighted by Gasteiger charge is 2.04. The number of nitrogens with zero attached hydrogens (tertiary/aromatic N) is 1. The molecule has 0 spiro atoms. The zero-order chi connectivity index (χ0) is 14.2. The first-order chi connectivity index (χ1) is 9.77. The van der Waals surface area contributed by atoms with E-state index in [0.717, 1.165) is 19.5 Å². The summed E-state index contributed by atoms with van der Waals surface area (Å²) in [4.78, 5) is 0. The van der Waals surface area contributed by atoms with Gasteiger partial charge in [-0.3, -0.25) is 5.10 Å². The van der Waals surface area contributed by atoms with Gasteiger partial charge < -0.3 is 5.32 Å². The maximum Gasteiger partial charge on any atom is 0.0522 e. The van der Waals surface area contributed by atoms with Gasteiger partial charge in [-0.25, -0.2) is 0 Å². The monoisotopic (exact) mass is 271 g/mol. The summed E-state index contributed by atoms with van der Waals surface area (Å²) >= 11 is 0. The zero-order valence-electron chi connectivity index (χ0n) is 12.5. The van der Waals surface area contributed by atoms with E-state index in [-0.39, 0.29) is 0 Å². The fraction of sp³-hybridized carbons (Fsp3) is 0.471. The summed E-state index contributed by atoms with van der Waals surface area (Å²) in [6.45, 7) is 6.54. The largest absolute Gasteiger partial charge is 0.317 e. The van der Waals surface area contributed by atoms with E-state index in [9.17, 15) is 0 Å². The van der Waals surface area contributed by atoms with Crippen molar-refractivity contribution in [3.05, 3.63) is 53.3 Å². The molecule has 0 fully saturated rings. The van der Waals surface area contributed by atoms with Crippen molar-refractivity contribution in [1.29, 1.82) is 0 Å². The Bertz CT molecular complexity index is 490. The predicted octanol–water partition coefficient (Wildman–Crippen LogP) is 3.43. The normalized spacial score (nSPS) is 12.5. The number of nitrogens with one attached hydrogen (secondary N) is 2. The van der Waals surface area contributed by atoms with E-state index in [1.165, 1.54) is 29.7 Å². The van der Waals surface area contributed by atoms with Crippen LogP contribution in [-0.2, 0) is 6.42 Å². The Labute approximate surface area is 121 Å². The molecule has 0 saturated carbocycles. The van der Waals surface area contributed by atoms with E-state index < -0.39 is 0 Å². The Morgan fingerprint density at radius 2 is 2.00 bits per heavy atom. The summed E-state index contributed by atoms with van der Waals surface area (Å²) in [6, 6.07) is 10.7. The van der Waals surface area contributed by atoms with E-state index in [4.69, 9.17) is 0 Å². The molecule has 108 valence electrons. The van der Waals surface area contributed by atoms with Crippen molar-refractivity contribution in [3.8, 4) is 0 Å². The number of rotatable bonds is 8. The van der Waals surface area contributed by atoms with Crippen molar-refractivity contribution < 1.29 is 0 Å². The average Bonchev–Trinajstić information content (AvgIpc) is 2.89. The molecule has 1 aromatic heterocycles. The highest BCUT2D eigenvalue weighted by atomic mass is 15.1. The van der Waals surface area contributed by atoms with Crippen molar-refractivity contribution in [1.82, 2.24) is 15.5 Å². The highest BCUT2D eigenvalue weighted by Crippen LogP contribution is 2.17. The predicted molar refractivity (Wildman–Crippen MR) is 84.0 cm³/mol. The van der Waals surface area contributed by atoms with Gasteiger partial charge in [-0.15, -0.1) is 0 Å². The number of benzene rings is 1. The van der Waals surface area contributed by atoms with Gasteiger partial charge in [-0.05, 0) is 56.3 Å². The molecule has 1 aromatic carbocycles. The second-order valence-electron chi connectivity index (χ2n) is 5.47. The third-order valence-corrected chi connectivity index (χ3v) is 3.86. The standard InChI is InChI=1S/C17H25N3/c1-14(16-7-4-3-5-8-16)10-12-18-11-6-9-17-13-19-20-15(17)2/h3-5,7-8,13-14,18H,6,9-12H2,1-2H3,(H,19,20). The van der Waals surface area contributed by atoms with Crippen LogP contribution in [0.15, 0.2) is 36.5 Å². The van der Waals surface area contributed by atoms with Gasteiger partial charge in [-0.2, -0.15) is 5.10 Å². The minimum atomic E-state index is 0.625. The van der Waals surface area contributed by atoms with Crippen LogP contribution in [0.3, 0.4) is 0 Å². The first-order valence-electron chi connectivity index (χ1n) is 7.52. The van der Waals surface area contributed by atoms with Crippen molar-refractivity contribution in [2.75, 3.05) is 13.1 Å². The van der Waals surface area contributed by atoms with Crippen LogP contribution in [0.2, 0.25) is 0 Å². The molecule has 3 nitrogen and oxygen atoms in total. The van der Waals surface area contributed by atoms with E-state index in [1.54, 1.807) is 0 Å². The summed E-state index contributed by atoms with van der Waals surface area (Å²) in [6.07, 6.45) is 5.39. The van der Waals surface area contributed by atoms with Crippen LogP contribution in [0.1, 0.15) is 42.5 Å². The van der Waals surface area contributed by atoms with Crippen LogP contribution >= 0.6 is 0 Å². The van der Waals surface area contributed by atoms with Crippen LogP contribution in [0.4, 0.5) is 0 Å². The molecule has 0 aliphatic carbocycles. The maximum absolute atomic E-state index is 4.05. The molecule has 20 heavy (non-hydrogen) atoms. The number of aromatic amines is 1. The Morgan fingerprint density at radius 1 is 1.20 bits per heavy atom. The van der Waals surface area contributed by atoms with Gasteiger partial charge in [0, 0.05) is 5.69 Å². The fourth-order valence-electron chi connectivity index (χ4n) is 2.42. The summed E-state index contributed by atoms with van der Waals surface area (Å²) in [5.74, 6) is 0.625. The van der Waals surface area contributed by atoms with Crippen LogP contribution in [0.5, 0.6) is 0 Å². The molecular weight excluding hydrogens is 246 g/mol. The van der Waals surface area contributed by atoms with Gasteiger partial charge in [-0.1, -0.05) is 37.3 Å². The molecular formula is C17H25N3. The molecule has 1 heterocycles. The minimum Gasteiger partial charge on any atom is -0.317 e. The van der Waals surface area contributed by atoms with Gasteiger partial charge >= 0.3 is 0 Å². The molecule has 0 saturated heterocycles. The lowest BCUT2D eigenvalue weighted by molar-refractivity contribution is 0.581. The third-order valence-electron chi connectivity index (χ3n) is 3.86. The quantitative estimate of drug-likeness (QED) is 0.722. The topological polar surface area (TPSA) is 40.7 Å². The molecule has 0 amide bonds. The van der Waals surface area contributed by atoms with Gasteiger partial charge in [0.2, 0.25) is 0 Å². The molecule has 0 radical (unpaired) electrons. The van der Waals surface area contributed by atoms with Crippen LogP contribution in [0.25, 0.3) is 0 Å². The first kappa shape index (κ1) is 14.8. The van der Waals surface area contributed by atoms with Crippen LogP contribution in [-0.4, -0.2) is 23.3 Å². The van der Waals surface area contributed by atoms with Gasteiger partial charge in [0.25, 0.3) is 0 Å². The maximum atomic E-state index is 4.05. The summed E-state index contributed by atoms with van der Waals surface area (Å²) in [7, 11) is 0. The lowest BCUT2D eigenvalue weighted by atomic mass is 9.98. The lowest BCUT2D eigenvalue weighted by Crippen LogP contribution is -2.18. The molecule has 0 aliphatic heterocycles.